The second-order valence-electron chi connectivity index (χ2n) is 9.21. The Bertz CT molecular complexity index is 1300. The van der Waals surface area contributed by atoms with E-state index < -0.39 is 17.4 Å². The highest BCUT2D eigenvalue weighted by Gasteiger charge is 2.40. The SMILES string of the molecule is C[C@@](O)(C(=O)N1CCN(c2ccc(OCCO)cc2Cl)[C@H](c2ccc(Cl)cc2)C1)c1ccc(C(N)=O)cc1. The molecule has 8 nitrogen and oxygen atoms in total. The molecule has 38 heavy (non-hydrogen) atoms. The van der Waals surface area contributed by atoms with Gasteiger partial charge in [0.25, 0.3) is 5.91 Å². The van der Waals surface area contributed by atoms with Crippen LogP contribution < -0.4 is 15.4 Å². The average Bonchev–Trinajstić information content (AvgIpc) is 2.92. The van der Waals surface area contributed by atoms with E-state index in [-0.39, 0.29) is 31.4 Å². The molecule has 2 atom stereocenters. The van der Waals surface area contributed by atoms with E-state index in [1.807, 2.05) is 18.2 Å². The molecule has 0 saturated carbocycles. The number of primary amides is 1. The lowest BCUT2D eigenvalue weighted by molar-refractivity contribution is -0.151. The molecule has 0 aromatic heterocycles. The zero-order valence-corrected chi connectivity index (χ0v) is 22.3. The van der Waals surface area contributed by atoms with E-state index in [1.54, 1.807) is 29.2 Å². The van der Waals surface area contributed by atoms with Gasteiger partial charge in [0.2, 0.25) is 5.91 Å². The van der Waals surface area contributed by atoms with Crippen molar-refractivity contribution in [1.29, 1.82) is 0 Å². The molecule has 4 N–H and O–H groups in total. The van der Waals surface area contributed by atoms with Crippen molar-refractivity contribution in [2.24, 2.45) is 5.73 Å². The molecule has 200 valence electrons. The maximum atomic E-state index is 13.6. The minimum absolute atomic E-state index is 0.104. The number of piperazine rings is 1. The molecule has 1 saturated heterocycles. The summed E-state index contributed by atoms with van der Waals surface area (Å²) in [6, 6.07) is 18.5. The van der Waals surface area contributed by atoms with E-state index >= 15 is 0 Å². The molecule has 1 heterocycles. The zero-order valence-electron chi connectivity index (χ0n) is 20.8. The van der Waals surface area contributed by atoms with E-state index in [9.17, 15) is 14.7 Å². The molecule has 4 rings (SSSR count). The van der Waals surface area contributed by atoms with Crippen LogP contribution in [0, 0.1) is 0 Å². The number of benzene rings is 3. The number of anilines is 1. The molecule has 0 spiro atoms. The second-order valence-corrected chi connectivity index (χ2v) is 10.1. The van der Waals surface area contributed by atoms with Gasteiger partial charge in [-0.05, 0) is 54.4 Å². The molecular formula is C28H29Cl2N3O5. The van der Waals surface area contributed by atoms with Crippen molar-refractivity contribution in [1.82, 2.24) is 4.90 Å². The van der Waals surface area contributed by atoms with Crippen LogP contribution >= 0.6 is 23.2 Å². The molecular weight excluding hydrogens is 529 g/mol. The van der Waals surface area contributed by atoms with E-state index in [2.05, 4.69) is 4.90 Å². The summed E-state index contributed by atoms with van der Waals surface area (Å²) in [6.07, 6.45) is 0. The van der Waals surface area contributed by atoms with Crippen LogP contribution in [0.4, 0.5) is 5.69 Å². The van der Waals surface area contributed by atoms with Gasteiger partial charge in [-0.15, -0.1) is 0 Å². The summed E-state index contributed by atoms with van der Waals surface area (Å²) in [5, 5.41) is 21.4. The van der Waals surface area contributed by atoms with Crippen LogP contribution in [0.1, 0.15) is 34.5 Å². The summed E-state index contributed by atoms with van der Waals surface area (Å²) in [5.41, 5.74) is 5.84. The van der Waals surface area contributed by atoms with Gasteiger partial charge in [0.15, 0.2) is 5.60 Å². The topological polar surface area (TPSA) is 116 Å². The number of hydrogen-bond acceptors (Lipinski definition) is 6. The Morgan fingerprint density at radius 3 is 2.34 bits per heavy atom. The van der Waals surface area contributed by atoms with E-state index in [0.29, 0.717) is 34.4 Å². The first-order valence-corrected chi connectivity index (χ1v) is 12.8. The van der Waals surface area contributed by atoms with Crippen molar-refractivity contribution in [3.63, 3.8) is 0 Å². The van der Waals surface area contributed by atoms with Crippen LogP contribution in [0.3, 0.4) is 0 Å². The van der Waals surface area contributed by atoms with Crippen LogP contribution in [-0.2, 0) is 10.4 Å². The van der Waals surface area contributed by atoms with Crippen LogP contribution in [-0.4, -0.2) is 59.8 Å². The highest BCUT2D eigenvalue weighted by atomic mass is 35.5. The lowest BCUT2D eigenvalue weighted by Crippen LogP contribution is -2.55. The molecule has 3 aromatic rings. The predicted octanol–water partition coefficient (Wildman–Crippen LogP) is 3.76. The smallest absolute Gasteiger partial charge is 0.259 e. The number of ether oxygens (including phenoxy) is 1. The number of nitrogens with zero attached hydrogens (tertiary/aromatic N) is 2. The molecule has 0 radical (unpaired) electrons. The molecule has 10 heteroatoms. The molecule has 2 amide bonds. The van der Waals surface area contributed by atoms with Crippen LogP contribution in [0.15, 0.2) is 66.7 Å². The molecule has 1 aliphatic rings. The number of carbonyl (C=O) groups is 2. The Labute approximate surface area is 231 Å². The van der Waals surface area contributed by atoms with Crippen molar-refractivity contribution in [2.75, 3.05) is 37.7 Å². The normalized spacial score (nSPS) is 17.1. The molecule has 0 unspecified atom stereocenters. The molecule has 3 aromatic carbocycles. The second kappa shape index (κ2) is 11.6. The van der Waals surface area contributed by atoms with Gasteiger partial charge in [-0.2, -0.15) is 0 Å². The van der Waals surface area contributed by atoms with Gasteiger partial charge in [0, 0.05) is 36.3 Å². The lowest BCUT2D eigenvalue weighted by Gasteiger charge is -2.45. The summed E-state index contributed by atoms with van der Waals surface area (Å²) < 4.78 is 5.48. The third-order valence-corrected chi connectivity index (χ3v) is 7.21. The number of aliphatic hydroxyl groups is 2. The van der Waals surface area contributed by atoms with Gasteiger partial charge >= 0.3 is 0 Å². The summed E-state index contributed by atoms with van der Waals surface area (Å²) in [7, 11) is 0. The summed E-state index contributed by atoms with van der Waals surface area (Å²) in [4.78, 5) is 28.8. The van der Waals surface area contributed by atoms with Gasteiger partial charge in [-0.1, -0.05) is 47.5 Å². The predicted molar refractivity (Wildman–Crippen MR) is 147 cm³/mol. The number of aliphatic hydroxyl groups excluding tert-OH is 1. The minimum Gasteiger partial charge on any atom is -0.491 e. The van der Waals surface area contributed by atoms with E-state index in [4.69, 9.17) is 38.8 Å². The van der Waals surface area contributed by atoms with E-state index in [1.165, 1.54) is 31.2 Å². The van der Waals surface area contributed by atoms with Crippen molar-refractivity contribution < 1.29 is 24.5 Å². The largest absolute Gasteiger partial charge is 0.491 e. The Hall–Kier alpha value is -3.30. The quantitative estimate of drug-likeness (QED) is 0.388. The van der Waals surface area contributed by atoms with Gasteiger partial charge in [0.05, 0.1) is 23.4 Å². The van der Waals surface area contributed by atoms with Crippen molar-refractivity contribution in [2.45, 2.75) is 18.6 Å². The number of rotatable bonds is 8. The monoisotopic (exact) mass is 557 g/mol. The average molecular weight is 558 g/mol. The third-order valence-electron chi connectivity index (χ3n) is 6.66. The summed E-state index contributed by atoms with van der Waals surface area (Å²) in [6.45, 7) is 2.58. The standard InChI is InChI=1S/C28H29Cl2N3O5/c1-28(37,20-6-2-19(3-7-20)26(31)35)27(36)32-12-13-33(25(17-32)18-4-8-21(29)9-5-18)24-11-10-22(16-23(24)30)38-15-14-34/h2-11,16,25,34,37H,12-15,17H2,1H3,(H2,31,35)/t25-,28-/m0/s1. The van der Waals surface area contributed by atoms with Gasteiger partial charge in [-0.3, -0.25) is 9.59 Å². The first kappa shape index (κ1) is 27.7. The first-order chi connectivity index (χ1) is 18.1. The zero-order chi connectivity index (χ0) is 27.4. The van der Waals surface area contributed by atoms with Gasteiger partial charge in [-0.25, -0.2) is 0 Å². The maximum absolute atomic E-state index is 13.6. The fourth-order valence-corrected chi connectivity index (χ4v) is 5.00. The number of halogens is 2. The third kappa shape index (κ3) is 5.89. The number of nitrogens with two attached hydrogens (primary N) is 1. The fraction of sp³-hybridized carbons (Fsp3) is 0.286. The lowest BCUT2D eigenvalue weighted by atomic mass is 9.92. The highest BCUT2D eigenvalue weighted by Crippen LogP contribution is 2.38. The Balaban J connectivity index is 1.62. The Morgan fingerprint density at radius 1 is 1.05 bits per heavy atom. The number of hydrogen-bond donors (Lipinski definition) is 3. The van der Waals surface area contributed by atoms with Crippen LogP contribution in [0.25, 0.3) is 0 Å². The molecule has 1 aliphatic heterocycles. The Kier molecular flexibility index (Phi) is 8.47. The Morgan fingerprint density at radius 2 is 1.74 bits per heavy atom. The summed E-state index contributed by atoms with van der Waals surface area (Å²) >= 11 is 12.8. The van der Waals surface area contributed by atoms with Crippen molar-refractivity contribution in [3.8, 4) is 5.75 Å². The fourth-order valence-electron chi connectivity index (χ4n) is 4.59. The van der Waals surface area contributed by atoms with Crippen molar-refractivity contribution in [3.05, 3.63) is 93.5 Å². The van der Waals surface area contributed by atoms with Crippen molar-refractivity contribution >= 4 is 40.7 Å². The van der Waals surface area contributed by atoms with Crippen LogP contribution in [0.2, 0.25) is 10.0 Å². The van der Waals surface area contributed by atoms with E-state index in [0.717, 1.165) is 11.3 Å². The maximum Gasteiger partial charge on any atom is 0.259 e. The highest BCUT2D eigenvalue weighted by molar-refractivity contribution is 6.33. The first-order valence-electron chi connectivity index (χ1n) is 12.1. The van der Waals surface area contributed by atoms with Crippen LogP contribution in [0.5, 0.6) is 5.75 Å². The minimum atomic E-state index is -1.81. The molecule has 0 aliphatic carbocycles. The number of carbonyl (C=O) groups excluding carboxylic acids is 2. The molecule has 0 bridgehead atoms. The molecule has 1 fully saturated rings. The van der Waals surface area contributed by atoms with Gasteiger partial charge < -0.3 is 30.5 Å². The summed E-state index contributed by atoms with van der Waals surface area (Å²) in [5.74, 6) is -0.499. The number of amides is 2. The van der Waals surface area contributed by atoms with Gasteiger partial charge in [0.1, 0.15) is 12.4 Å².